The largest absolute Gasteiger partial charge is 0.369 e. The van der Waals surface area contributed by atoms with Gasteiger partial charge in [0, 0.05) is 19.1 Å². The van der Waals surface area contributed by atoms with Crippen LogP contribution in [0.2, 0.25) is 0 Å². The zero-order valence-corrected chi connectivity index (χ0v) is 12.8. The van der Waals surface area contributed by atoms with Gasteiger partial charge in [-0.15, -0.1) is 0 Å². The van der Waals surface area contributed by atoms with Gasteiger partial charge < -0.3 is 16.0 Å². The van der Waals surface area contributed by atoms with Crippen LogP contribution >= 0.6 is 0 Å². The minimum atomic E-state index is -0.332. The van der Waals surface area contributed by atoms with Gasteiger partial charge >= 0.3 is 0 Å². The van der Waals surface area contributed by atoms with Crippen LogP contribution in [0.15, 0.2) is 12.2 Å². The van der Waals surface area contributed by atoms with Gasteiger partial charge in [0.25, 0.3) is 0 Å². The Hall–Kier alpha value is -1.40. The number of allylic oxidation sites excluding steroid dienone is 1. The van der Waals surface area contributed by atoms with Crippen molar-refractivity contribution in [3.8, 4) is 0 Å². The van der Waals surface area contributed by atoms with Gasteiger partial charge in [-0.1, -0.05) is 12.2 Å². The van der Waals surface area contributed by atoms with Gasteiger partial charge in [-0.3, -0.25) is 14.5 Å². The summed E-state index contributed by atoms with van der Waals surface area (Å²) < 4.78 is 0. The van der Waals surface area contributed by atoms with E-state index in [-0.39, 0.29) is 23.8 Å². The molecule has 2 atom stereocenters. The van der Waals surface area contributed by atoms with Crippen LogP contribution in [-0.4, -0.2) is 67.4 Å². The summed E-state index contributed by atoms with van der Waals surface area (Å²) >= 11 is 0. The minimum absolute atomic E-state index is 0.00824. The zero-order valence-electron chi connectivity index (χ0n) is 12.8. The summed E-state index contributed by atoms with van der Waals surface area (Å²) in [5.41, 5.74) is 5.41. The number of primary amides is 1. The number of hydrogen-bond donors (Lipinski definition) is 2. The monoisotopic (exact) mass is 294 g/mol. The highest BCUT2D eigenvalue weighted by atomic mass is 16.2. The third kappa shape index (κ3) is 4.82. The van der Waals surface area contributed by atoms with Crippen LogP contribution in [0, 0.1) is 5.92 Å². The van der Waals surface area contributed by atoms with E-state index in [0.717, 1.165) is 32.6 Å². The van der Waals surface area contributed by atoms with Crippen LogP contribution in [-0.2, 0) is 9.59 Å². The van der Waals surface area contributed by atoms with Crippen molar-refractivity contribution in [3.05, 3.63) is 12.2 Å². The van der Waals surface area contributed by atoms with E-state index in [9.17, 15) is 9.59 Å². The number of hydrogen-bond acceptors (Lipinski definition) is 4. The van der Waals surface area contributed by atoms with Crippen molar-refractivity contribution in [1.29, 1.82) is 0 Å². The lowest BCUT2D eigenvalue weighted by Gasteiger charge is -2.28. The van der Waals surface area contributed by atoms with Crippen molar-refractivity contribution < 1.29 is 9.59 Å². The summed E-state index contributed by atoms with van der Waals surface area (Å²) in [5.74, 6) is -0.624. The van der Waals surface area contributed by atoms with E-state index in [0.29, 0.717) is 19.4 Å². The van der Waals surface area contributed by atoms with E-state index in [4.69, 9.17) is 5.73 Å². The van der Waals surface area contributed by atoms with Gasteiger partial charge in [0.15, 0.2) is 0 Å². The minimum Gasteiger partial charge on any atom is -0.369 e. The van der Waals surface area contributed by atoms with E-state index in [2.05, 4.69) is 22.2 Å². The van der Waals surface area contributed by atoms with Crippen molar-refractivity contribution in [2.45, 2.75) is 25.3 Å². The number of rotatable bonds is 4. The molecule has 21 heavy (non-hydrogen) atoms. The fourth-order valence-electron chi connectivity index (χ4n) is 3.00. The fourth-order valence-corrected chi connectivity index (χ4v) is 3.00. The molecule has 0 aromatic heterocycles. The standard InChI is InChI=1S/C15H26N4O2/c1-18-7-4-8-19(10-9-18)11-14(20)17-13-6-3-2-5-12(13)15(16)21/h2-3,12-13H,4-11H2,1H3,(H2,16,21)(H,17,20)/t12-,13-/m1/s1. The number of carbonyl (C=O) groups is 2. The molecule has 2 rings (SSSR count). The number of carbonyl (C=O) groups excluding carboxylic acids is 2. The number of likely N-dealkylation sites (N-methyl/N-ethyl adjacent to an activating group) is 1. The summed E-state index contributed by atoms with van der Waals surface area (Å²) in [6.07, 6.45) is 6.35. The Kier molecular flexibility index (Phi) is 5.76. The van der Waals surface area contributed by atoms with Crippen molar-refractivity contribution in [2.75, 3.05) is 39.8 Å². The molecule has 118 valence electrons. The normalized spacial score (nSPS) is 28.0. The average Bonchev–Trinajstić information content (AvgIpc) is 2.64. The van der Waals surface area contributed by atoms with E-state index in [1.807, 2.05) is 12.2 Å². The van der Waals surface area contributed by atoms with Gasteiger partial charge in [-0.05, 0) is 39.4 Å². The van der Waals surface area contributed by atoms with E-state index < -0.39 is 0 Å². The van der Waals surface area contributed by atoms with Gasteiger partial charge in [-0.2, -0.15) is 0 Å². The Labute approximate surface area is 126 Å². The molecular formula is C15H26N4O2. The maximum absolute atomic E-state index is 12.2. The smallest absolute Gasteiger partial charge is 0.234 e. The quantitative estimate of drug-likeness (QED) is 0.689. The molecule has 0 aromatic rings. The molecule has 0 unspecified atom stereocenters. The lowest BCUT2D eigenvalue weighted by molar-refractivity contribution is -0.125. The Morgan fingerprint density at radius 2 is 1.95 bits per heavy atom. The van der Waals surface area contributed by atoms with Crippen LogP contribution in [0.25, 0.3) is 0 Å². The highest BCUT2D eigenvalue weighted by Crippen LogP contribution is 2.18. The molecule has 3 N–H and O–H groups in total. The zero-order chi connectivity index (χ0) is 15.2. The molecular weight excluding hydrogens is 268 g/mol. The molecule has 6 nitrogen and oxygen atoms in total. The first-order chi connectivity index (χ1) is 10.1. The van der Waals surface area contributed by atoms with Crippen LogP contribution < -0.4 is 11.1 Å². The molecule has 1 aliphatic heterocycles. The molecule has 2 amide bonds. The number of nitrogens with one attached hydrogen (secondary N) is 1. The highest BCUT2D eigenvalue weighted by molar-refractivity contribution is 5.81. The van der Waals surface area contributed by atoms with E-state index in [1.165, 1.54) is 0 Å². The molecule has 1 fully saturated rings. The predicted molar refractivity (Wildman–Crippen MR) is 81.5 cm³/mol. The fraction of sp³-hybridized carbons (Fsp3) is 0.733. The first-order valence-electron chi connectivity index (χ1n) is 7.71. The van der Waals surface area contributed by atoms with Crippen LogP contribution in [0.5, 0.6) is 0 Å². The lowest BCUT2D eigenvalue weighted by atomic mass is 9.88. The summed E-state index contributed by atoms with van der Waals surface area (Å²) in [4.78, 5) is 28.1. The second kappa shape index (κ2) is 7.56. The third-order valence-corrected chi connectivity index (χ3v) is 4.32. The number of amides is 2. The summed E-state index contributed by atoms with van der Waals surface area (Å²) in [7, 11) is 2.11. The third-order valence-electron chi connectivity index (χ3n) is 4.32. The molecule has 1 aliphatic carbocycles. The first kappa shape index (κ1) is 16.0. The van der Waals surface area contributed by atoms with Crippen LogP contribution in [0.4, 0.5) is 0 Å². The van der Waals surface area contributed by atoms with Crippen LogP contribution in [0.1, 0.15) is 19.3 Å². The van der Waals surface area contributed by atoms with Crippen molar-refractivity contribution in [2.24, 2.45) is 11.7 Å². The molecule has 0 aromatic carbocycles. The Bertz CT molecular complexity index is 410. The van der Waals surface area contributed by atoms with Crippen molar-refractivity contribution >= 4 is 11.8 Å². The van der Waals surface area contributed by atoms with Gasteiger partial charge in [-0.25, -0.2) is 0 Å². The maximum atomic E-state index is 12.2. The molecule has 0 radical (unpaired) electrons. The maximum Gasteiger partial charge on any atom is 0.234 e. The van der Waals surface area contributed by atoms with Crippen LogP contribution in [0.3, 0.4) is 0 Å². The highest BCUT2D eigenvalue weighted by Gasteiger charge is 2.28. The number of nitrogens with two attached hydrogens (primary N) is 1. The molecule has 0 saturated carbocycles. The van der Waals surface area contributed by atoms with Crippen molar-refractivity contribution in [3.63, 3.8) is 0 Å². The van der Waals surface area contributed by atoms with E-state index in [1.54, 1.807) is 0 Å². The predicted octanol–water partition coefficient (Wildman–Crippen LogP) is -0.440. The molecule has 0 spiro atoms. The van der Waals surface area contributed by atoms with Gasteiger partial charge in [0.05, 0.1) is 12.5 Å². The second-order valence-corrected chi connectivity index (χ2v) is 6.06. The summed E-state index contributed by atoms with van der Waals surface area (Å²) in [6, 6.07) is -0.158. The Morgan fingerprint density at radius 1 is 1.19 bits per heavy atom. The SMILES string of the molecule is CN1CCCN(CC(=O)N[C@@H]2CC=CC[C@H]2C(N)=O)CC1. The molecule has 1 saturated heterocycles. The average molecular weight is 294 g/mol. The van der Waals surface area contributed by atoms with Crippen molar-refractivity contribution in [1.82, 2.24) is 15.1 Å². The molecule has 0 bridgehead atoms. The first-order valence-corrected chi connectivity index (χ1v) is 7.71. The summed E-state index contributed by atoms with van der Waals surface area (Å²) in [5, 5.41) is 2.98. The molecule has 2 aliphatic rings. The molecule has 6 heteroatoms. The molecule has 1 heterocycles. The summed E-state index contributed by atoms with van der Waals surface area (Å²) in [6.45, 7) is 4.33. The van der Waals surface area contributed by atoms with Gasteiger partial charge in [0.2, 0.25) is 11.8 Å². The second-order valence-electron chi connectivity index (χ2n) is 6.06. The van der Waals surface area contributed by atoms with Gasteiger partial charge in [0.1, 0.15) is 0 Å². The number of nitrogens with zero attached hydrogens (tertiary/aromatic N) is 2. The Morgan fingerprint density at radius 3 is 2.71 bits per heavy atom. The van der Waals surface area contributed by atoms with E-state index >= 15 is 0 Å². The topological polar surface area (TPSA) is 78.7 Å². The Balaban J connectivity index is 1.83. The lowest BCUT2D eigenvalue weighted by Crippen LogP contribution is -2.49.